The Morgan fingerprint density at radius 1 is 1.54 bits per heavy atom. The fourth-order valence-corrected chi connectivity index (χ4v) is 1.48. The monoisotopic (exact) mass is 175 g/mol. The Bertz CT molecular complexity index is 459. The van der Waals surface area contributed by atoms with Crippen molar-refractivity contribution < 1.29 is 4.74 Å². The van der Waals surface area contributed by atoms with Gasteiger partial charge in [-0.25, -0.2) is 9.97 Å². The molecule has 4 heteroatoms. The maximum atomic E-state index is 5.36. The number of hydrogen-bond donors (Lipinski definition) is 0. The summed E-state index contributed by atoms with van der Waals surface area (Å²) >= 11 is 0. The van der Waals surface area contributed by atoms with Gasteiger partial charge in [-0.1, -0.05) is 0 Å². The summed E-state index contributed by atoms with van der Waals surface area (Å²) in [6.45, 7) is 2.83. The van der Waals surface area contributed by atoms with Gasteiger partial charge in [-0.05, 0) is 13.0 Å². The third-order valence-corrected chi connectivity index (χ3v) is 2.41. The minimum atomic E-state index is -0.136. The second kappa shape index (κ2) is 2.09. The van der Waals surface area contributed by atoms with Crippen LogP contribution in [0.25, 0.3) is 5.78 Å². The molecule has 66 valence electrons. The van der Waals surface area contributed by atoms with Crippen molar-refractivity contribution in [3.63, 3.8) is 0 Å². The van der Waals surface area contributed by atoms with Crippen molar-refractivity contribution in [1.29, 1.82) is 0 Å². The highest BCUT2D eigenvalue weighted by Gasteiger charge is 2.43. The Kier molecular flexibility index (Phi) is 1.13. The highest BCUT2D eigenvalue weighted by atomic mass is 16.6. The standard InChI is InChI=1S/C9H9N3O/c1-9(6-13-9)7-5-11-8-10-3-2-4-12(7)8/h2-5H,6H2,1H3. The first-order valence-corrected chi connectivity index (χ1v) is 4.22. The van der Waals surface area contributed by atoms with Crippen molar-refractivity contribution in [2.45, 2.75) is 12.5 Å². The Balaban J connectivity index is 2.30. The molecule has 0 saturated carbocycles. The molecule has 0 spiro atoms. The molecule has 0 aromatic carbocycles. The summed E-state index contributed by atoms with van der Waals surface area (Å²) in [5, 5.41) is 0. The number of nitrogens with zero attached hydrogens (tertiary/aromatic N) is 3. The van der Waals surface area contributed by atoms with Crippen molar-refractivity contribution in [3.05, 3.63) is 30.4 Å². The van der Waals surface area contributed by atoms with E-state index in [9.17, 15) is 0 Å². The average Bonchev–Trinajstić information content (AvgIpc) is 2.76. The number of ether oxygens (including phenoxy) is 1. The fourth-order valence-electron chi connectivity index (χ4n) is 1.48. The first-order chi connectivity index (χ1) is 6.30. The average molecular weight is 175 g/mol. The Morgan fingerprint density at radius 3 is 3.15 bits per heavy atom. The first kappa shape index (κ1) is 7.03. The lowest BCUT2D eigenvalue weighted by atomic mass is 10.1. The van der Waals surface area contributed by atoms with Crippen LogP contribution in [0.1, 0.15) is 12.6 Å². The number of hydrogen-bond acceptors (Lipinski definition) is 3. The molecule has 4 nitrogen and oxygen atoms in total. The summed E-state index contributed by atoms with van der Waals surface area (Å²) in [6, 6.07) is 1.89. The number of imidazole rings is 1. The van der Waals surface area contributed by atoms with Crippen LogP contribution in [0.3, 0.4) is 0 Å². The van der Waals surface area contributed by atoms with Crippen molar-refractivity contribution >= 4 is 5.78 Å². The van der Waals surface area contributed by atoms with Crippen LogP contribution in [-0.4, -0.2) is 21.0 Å². The minimum Gasteiger partial charge on any atom is -0.363 e. The van der Waals surface area contributed by atoms with Crippen LogP contribution < -0.4 is 0 Å². The lowest BCUT2D eigenvalue weighted by Crippen LogP contribution is -2.06. The first-order valence-electron chi connectivity index (χ1n) is 4.22. The smallest absolute Gasteiger partial charge is 0.233 e. The maximum absolute atomic E-state index is 5.36. The van der Waals surface area contributed by atoms with E-state index in [1.165, 1.54) is 0 Å². The number of epoxide rings is 1. The van der Waals surface area contributed by atoms with Gasteiger partial charge < -0.3 is 4.74 Å². The summed E-state index contributed by atoms with van der Waals surface area (Å²) in [5.74, 6) is 0.731. The van der Waals surface area contributed by atoms with E-state index in [2.05, 4.69) is 16.9 Å². The van der Waals surface area contributed by atoms with Crippen LogP contribution in [0.15, 0.2) is 24.7 Å². The molecule has 13 heavy (non-hydrogen) atoms. The van der Waals surface area contributed by atoms with E-state index in [0.717, 1.165) is 18.1 Å². The van der Waals surface area contributed by atoms with Crippen molar-refractivity contribution in [2.24, 2.45) is 0 Å². The molecule has 2 aromatic heterocycles. The van der Waals surface area contributed by atoms with E-state index in [4.69, 9.17) is 4.74 Å². The molecule has 1 unspecified atom stereocenters. The molecular weight excluding hydrogens is 166 g/mol. The number of fused-ring (bicyclic) bond motifs is 1. The van der Waals surface area contributed by atoms with Gasteiger partial charge in [-0.15, -0.1) is 0 Å². The largest absolute Gasteiger partial charge is 0.363 e. The lowest BCUT2D eigenvalue weighted by molar-refractivity contribution is 0.322. The zero-order chi connectivity index (χ0) is 8.89. The Hall–Kier alpha value is -1.42. The fraction of sp³-hybridized carbons (Fsp3) is 0.333. The lowest BCUT2D eigenvalue weighted by Gasteiger charge is -2.02. The van der Waals surface area contributed by atoms with Crippen LogP contribution in [-0.2, 0) is 10.3 Å². The molecule has 0 aliphatic carbocycles. The zero-order valence-electron chi connectivity index (χ0n) is 7.27. The third kappa shape index (κ3) is 0.890. The highest BCUT2D eigenvalue weighted by molar-refractivity contribution is 5.34. The number of aromatic nitrogens is 3. The van der Waals surface area contributed by atoms with Crippen molar-refractivity contribution in [3.8, 4) is 0 Å². The third-order valence-electron chi connectivity index (χ3n) is 2.41. The van der Waals surface area contributed by atoms with Gasteiger partial charge in [0.05, 0.1) is 18.5 Å². The van der Waals surface area contributed by atoms with Gasteiger partial charge in [0, 0.05) is 12.4 Å². The van der Waals surface area contributed by atoms with E-state index in [-0.39, 0.29) is 5.60 Å². The summed E-state index contributed by atoms with van der Waals surface area (Å²) in [4.78, 5) is 8.34. The summed E-state index contributed by atoms with van der Waals surface area (Å²) in [5.41, 5.74) is 0.943. The molecule has 3 rings (SSSR count). The van der Waals surface area contributed by atoms with E-state index >= 15 is 0 Å². The van der Waals surface area contributed by atoms with Gasteiger partial charge in [0.1, 0.15) is 5.60 Å². The number of rotatable bonds is 1. The molecule has 3 heterocycles. The van der Waals surface area contributed by atoms with Crippen LogP contribution >= 0.6 is 0 Å². The second-order valence-corrected chi connectivity index (χ2v) is 3.45. The summed E-state index contributed by atoms with van der Waals surface area (Å²) < 4.78 is 7.33. The second-order valence-electron chi connectivity index (χ2n) is 3.45. The van der Waals surface area contributed by atoms with Gasteiger partial charge in [-0.2, -0.15) is 0 Å². The van der Waals surface area contributed by atoms with Gasteiger partial charge >= 0.3 is 0 Å². The van der Waals surface area contributed by atoms with Crippen LogP contribution in [0, 0.1) is 0 Å². The molecule has 0 radical (unpaired) electrons. The van der Waals surface area contributed by atoms with Crippen LogP contribution in [0.4, 0.5) is 0 Å². The molecular formula is C9H9N3O. The van der Waals surface area contributed by atoms with Gasteiger partial charge in [0.25, 0.3) is 0 Å². The van der Waals surface area contributed by atoms with Gasteiger partial charge in [-0.3, -0.25) is 4.40 Å². The molecule has 0 bridgehead atoms. The molecule has 0 N–H and O–H groups in total. The van der Waals surface area contributed by atoms with E-state index < -0.39 is 0 Å². The van der Waals surface area contributed by atoms with Gasteiger partial charge in [0.15, 0.2) is 0 Å². The Morgan fingerprint density at radius 2 is 2.38 bits per heavy atom. The van der Waals surface area contributed by atoms with Crippen LogP contribution in [0.2, 0.25) is 0 Å². The molecule has 1 atom stereocenters. The van der Waals surface area contributed by atoms with E-state index in [0.29, 0.717) is 0 Å². The minimum absolute atomic E-state index is 0.136. The van der Waals surface area contributed by atoms with Crippen molar-refractivity contribution in [1.82, 2.24) is 14.4 Å². The SMILES string of the molecule is CC1(c2cnc3ncccn23)CO1. The maximum Gasteiger partial charge on any atom is 0.233 e. The topological polar surface area (TPSA) is 42.7 Å². The summed E-state index contributed by atoms with van der Waals surface area (Å²) in [6.07, 6.45) is 5.52. The molecule has 1 aliphatic rings. The Labute approximate surface area is 75.2 Å². The van der Waals surface area contributed by atoms with E-state index in [1.807, 2.05) is 22.9 Å². The molecule has 1 saturated heterocycles. The predicted molar refractivity (Wildman–Crippen MR) is 46.3 cm³/mol. The predicted octanol–water partition coefficient (Wildman–Crippen LogP) is 0.975. The van der Waals surface area contributed by atoms with E-state index in [1.54, 1.807) is 6.20 Å². The van der Waals surface area contributed by atoms with Gasteiger partial charge in [0.2, 0.25) is 5.78 Å². The zero-order valence-corrected chi connectivity index (χ0v) is 7.27. The molecule has 2 aromatic rings. The quantitative estimate of drug-likeness (QED) is 0.606. The highest BCUT2D eigenvalue weighted by Crippen LogP contribution is 2.37. The molecule has 1 aliphatic heterocycles. The normalized spacial score (nSPS) is 26.5. The van der Waals surface area contributed by atoms with Crippen LogP contribution in [0.5, 0.6) is 0 Å². The summed E-state index contributed by atoms with van der Waals surface area (Å²) in [7, 11) is 0. The molecule has 0 amide bonds. The molecule has 1 fully saturated rings. The van der Waals surface area contributed by atoms with Crippen molar-refractivity contribution in [2.75, 3.05) is 6.61 Å².